The molecule has 2 amide bonds. The first kappa shape index (κ1) is 21.1. The largest absolute Gasteiger partial charge is 0.382 e. The second kappa shape index (κ2) is 11.5. The fourth-order valence-electron chi connectivity index (χ4n) is 2.74. The molecule has 0 aliphatic rings. The lowest BCUT2D eigenvalue weighted by Gasteiger charge is -2.27. The lowest BCUT2D eigenvalue weighted by atomic mass is 10.2. The van der Waals surface area contributed by atoms with Crippen LogP contribution in [0.4, 0.5) is 0 Å². The van der Waals surface area contributed by atoms with E-state index < -0.39 is 0 Å². The van der Waals surface area contributed by atoms with Gasteiger partial charge in [-0.15, -0.1) is 11.3 Å². The molecular weight excluding hydrogens is 360 g/mol. The molecule has 0 aliphatic carbocycles. The van der Waals surface area contributed by atoms with Gasteiger partial charge in [-0.1, -0.05) is 36.4 Å². The molecule has 0 fully saturated rings. The van der Waals surface area contributed by atoms with Crippen molar-refractivity contribution in [1.82, 2.24) is 9.80 Å². The Morgan fingerprint density at radius 2 is 1.81 bits per heavy atom. The van der Waals surface area contributed by atoms with Crippen LogP contribution in [0.2, 0.25) is 0 Å². The summed E-state index contributed by atoms with van der Waals surface area (Å²) in [6.07, 6.45) is 0.726. The quantitative estimate of drug-likeness (QED) is 0.553. The molecule has 0 saturated heterocycles. The highest BCUT2D eigenvalue weighted by atomic mass is 32.1. The minimum atomic E-state index is -0.0874. The minimum Gasteiger partial charge on any atom is -0.382 e. The Kier molecular flexibility index (Phi) is 9.01. The number of rotatable bonds is 11. The molecule has 1 heterocycles. The van der Waals surface area contributed by atoms with Crippen LogP contribution in [0.15, 0.2) is 47.8 Å². The maximum Gasteiger partial charge on any atom is 0.242 e. The summed E-state index contributed by atoms with van der Waals surface area (Å²) in [6.45, 7) is 6.41. The summed E-state index contributed by atoms with van der Waals surface area (Å²) in [6, 6.07) is 13.9. The van der Waals surface area contributed by atoms with Crippen molar-refractivity contribution in [3.05, 3.63) is 58.3 Å². The first-order valence-electron chi connectivity index (χ1n) is 9.27. The van der Waals surface area contributed by atoms with Gasteiger partial charge in [-0.05, 0) is 30.4 Å². The van der Waals surface area contributed by atoms with E-state index in [1.165, 1.54) is 6.92 Å². The number of thiophene rings is 1. The van der Waals surface area contributed by atoms with Crippen molar-refractivity contribution in [3.63, 3.8) is 0 Å². The number of ether oxygens (including phenoxy) is 1. The van der Waals surface area contributed by atoms with Gasteiger partial charge in [0.15, 0.2) is 0 Å². The van der Waals surface area contributed by atoms with E-state index in [1.807, 2.05) is 59.7 Å². The normalized spacial score (nSPS) is 10.6. The van der Waals surface area contributed by atoms with Crippen LogP contribution >= 0.6 is 11.3 Å². The van der Waals surface area contributed by atoms with E-state index in [0.717, 1.165) is 16.9 Å². The van der Waals surface area contributed by atoms with Crippen molar-refractivity contribution in [2.45, 2.75) is 33.4 Å². The molecule has 5 nitrogen and oxygen atoms in total. The van der Waals surface area contributed by atoms with Crippen LogP contribution in [-0.2, 0) is 27.4 Å². The summed E-state index contributed by atoms with van der Waals surface area (Å²) in [5, 5.41) is 2.01. The average molecular weight is 389 g/mol. The van der Waals surface area contributed by atoms with Gasteiger partial charge in [-0.25, -0.2) is 0 Å². The number of hydrogen-bond acceptors (Lipinski definition) is 4. The monoisotopic (exact) mass is 388 g/mol. The van der Waals surface area contributed by atoms with E-state index in [1.54, 1.807) is 16.2 Å². The second-order valence-electron chi connectivity index (χ2n) is 6.31. The van der Waals surface area contributed by atoms with Gasteiger partial charge in [0, 0.05) is 38.1 Å². The molecule has 0 saturated carbocycles. The summed E-state index contributed by atoms with van der Waals surface area (Å²) >= 11 is 1.63. The zero-order chi connectivity index (χ0) is 19.5. The van der Waals surface area contributed by atoms with Gasteiger partial charge in [0.25, 0.3) is 0 Å². The van der Waals surface area contributed by atoms with E-state index in [0.29, 0.717) is 32.8 Å². The predicted octanol–water partition coefficient (Wildman–Crippen LogP) is 3.55. The van der Waals surface area contributed by atoms with Crippen LogP contribution in [0.1, 0.15) is 30.7 Å². The number of carbonyl (C=O) groups is 2. The summed E-state index contributed by atoms with van der Waals surface area (Å²) in [5.74, 6) is -0.130. The molecule has 0 atom stereocenters. The third kappa shape index (κ3) is 7.53. The van der Waals surface area contributed by atoms with Crippen molar-refractivity contribution in [1.29, 1.82) is 0 Å². The average Bonchev–Trinajstić information content (AvgIpc) is 3.17. The molecule has 27 heavy (non-hydrogen) atoms. The maximum absolute atomic E-state index is 13.0. The van der Waals surface area contributed by atoms with Crippen LogP contribution in [0, 0.1) is 0 Å². The number of nitrogens with zero attached hydrogens (tertiary/aromatic N) is 2. The van der Waals surface area contributed by atoms with Crippen LogP contribution in [-0.4, -0.2) is 47.9 Å². The number of benzene rings is 1. The molecule has 0 spiro atoms. The highest BCUT2D eigenvalue weighted by Gasteiger charge is 2.20. The van der Waals surface area contributed by atoms with Crippen molar-refractivity contribution >= 4 is 23.2 Å². The molecule has 1 aromatic heterocycles. The van der Waals surface area contributed by atoms with Gasteiger partial charge in [0.2, 0.25) is 11.8 Å². The third-order valence-electron chi connectivity index (χ3n) is 4.19. The van der Waals surface area contributed by atoms with Crippen LogP contribution in [0.25, 0.3) is 0 Å². The van der Waals surface area contributed by atoms with Gasteiger partial charge in [0.05, 0.1) is 13.1 Å². The predicted molar refractivity (Wildman–Crippen MR) is 108 cm³/mol. The summed E-state index contributed by atoms with van der Waals surface area (Å²) in [5.41, 5.74) is 1.08. The Morgan fingerprint density at radius 3 is 2.44 bits per heavy atom. The Balaban J connectivity index is 2.03. The van der Waals surface area contributed by atoms with Crippen molar-refractivity contribution in [2.75, 3.05) is 26.3 Å². The van der Waals surface area contributed by atoms with Gasteiger partial charge >= 0.3 is 0 Å². The van der Waals surface area contributed by atoms with Crippen molar-refractivity contribution in [3.8, 4) is 0 Å². The molecule has 0 N–H and O–H groups in total. The van der Waals surface area contributed by atoms with Gasteiger partial charge in [-0.2, -0.15) is 0 Å². The second-order valence-corrected chi connectivity index (χ2v) is 7.34. The standard InChI is InChI=1S/C21H28N2O3S/c1-3-26-13-8-12-22(18(2)24)17-21(25)23(16-20-11-7-14-27-20)15-19-9-5-4-6-10-19/h4-7,9-11,14H,3,8,12-13,15-17H2,1-2H3. The minimum absolute atomic E-state index is 0.0427. The molecular formula is C21H28N2O3S. The van der Waals surface area contributed by atoms with E-state index >= 15 is 0 Å². The number of hydrogen-bond donors (Lipinski definition) is 0. The van der Waals surface area contributed by atoms with Crippen LogP contribution in [0.3, 0.4) is 0 Å². The summed E-state index contributed by atoms with van der Waals surface area (Å²) < 4.78 is 5.33. The van der Waals surface area contributed by atoms with Gasteiger partial charge < -0.3 is 14.5 Å². The van der Waals surface area contributed by atoms with E-state index in [2.05, 4.69) is 0 Å². The fourth-order valence-corrected chi connectivity index (χ4v) is 3.46. The molecule has 0 radical (unpaired) electrons. The Bertz CT molecular complexity index is 689. The maximum atomic E-state index is 13.0. The van der Waals surface area contributed by atoms with Crippen molar-refractivity contribution < 1.29 is 14.3 Å². The van der Waals surface area contributed by atoms with Gasteiger partial charge in [-0.3, -0.25) is 9.59 Å². The highest BCUT2D eigenvalue weighted by molar-refractivity contribution is 7.09. The van der Waals surface area contributed by atoms with Crippen molar-refractivity contribution in [2.24, 2.45) is 0 Å². The Morgan fingerprint density at radius 1 is 1.04 bits per heavy atom. The molecule has 146 valence electrons. The molecule has 2 aromatic rings. The zero-order valence-corrected chi connectivity index (χ0v) is 16.9. The lowest BCUT2D eigenvalue weighted by Crippen LogP contribution is -2.42. The Hall–Kier alpha value is -2.18. The number of carbonyl (C=O) groups excluding carboxylic acids is 2. The van der Waals surface area contributed by atoms with E-state index in [4.69, 9.17) is 4.74 Å². The smallest absolute Gasteiger partial charge is 0.242 e. The highest BCUT2D eigenvalue weighted by Crippen LogP contribution is 2.15. The molecule has 0 bridgehead atoms. The van der Waals surface area contributed by atoms with Crippen LogP contribution in [0.5, 0.6) is 0 Å². The zero-order valence-electron chi connectivity index (χ0n) is 16.1. The number of amides is 2. The summed E-state index contributed by atoms with van der Waals surface area (Å²) in [7, 11) is 0. The van der Waals surface area contributed by atoms with E-state index in [9.17, 15) is 9.59 Å². The molecule has 0 aliphatic heterocycles. The Labute approximate surface area is 165 Å². The lowest BCUT2D eigenvalue weighted by molar-refractivity contribution is -0.140. The molecule has 1 aromatic carbocycles. The molecule has 6 heteroatoms. The van der Waals surface area contributed by atoms with Crippen LogP contribution < -0.4 is 0 Å². The first-order valence-corrected chi connectivity index (χ1v) is 10.2. The molecule has 2 rings (SSSR count). The topological polar surface area (TPSA) is 49.9 Å². The SMILES string of the molecule is CCOCCCN(CC(=O)N(Cc1ccccc1)Cc1cccs1)C(C)=O. The van der Waals surface area contributed by atoms with Gasteiger partial charge in [0.1, 0.15) is 0 Å². The van der Waals surface area contributed by atoms with E-state index in [-0.39, 0.29) is 18.4 Å². The molecule has 0 unspecified atom stereocenters. The third-order valence-corrected chi connectivity index (χ3v) is 5.05. The fraction of sp³-hybridized carbons (Fsp3) is 0.429. The summed E-state index contributed by atoms with van der Waals surface area (Å²) in [4.78, 5) is 29.5. The first-order chi connectivity index (χ1) is 13.1.